The monoisotopic (exact) mass is 507 g/mol. The smallest absolute Gasteiger partial charge is 0.341 e. The minimum atomic E-state index is -0.498. The quantitative estimate of drug-likeness (QED) is 0.366. The summed E-state index contributed by atoms with van der Waals surface area (Å²) < 4.78 is 6.61. The van der Waals surface area contributed by atoms with E-state index in [9.17, 15) is 14.4 Å². The number of aryl methyl sites for hydroxylation is 1. The Kier molecular flexibility index (Phi) is 6.53. The second-order valence-corrected chi connectivity index (χ2v) is 10.7. The molecule has 7 nitrogen and oxygen atoms in total. The number of carbonyl (C=O) groups is 2. The summed E-state index contributed by atoms with van der Waals surface area (Å²) in [7, 11) is 0. The molecule has 1 atom stereocenters. The summed E-state index contributed by atoms with van der Waals surface area (Å²) >= 11 is 2.84. The summed E-state index contributed by atoms with van der Waals surface area (Å²) in [4.78, 5) is 45.4. The van der Waals surface area contributed by atoms with E-state index in [0.717, 1.165) is 35.2 Å². The van der Waals surface area contributed by atoms with Gasteiger partial charge in [0.15, 0.2) is 0 Å². The highest BCUT2D eigenvalue weighted by Gasteiger charge is 2.25. The Bertz CT molecular complexity index is 1470. The minimum Gasteiger partial charge on any atom is -0.462 e. The Morgan fingerprint density at radius 2 is 2.06 bits per heavy atom. The molecule has 180 valence electrons. The molecule has 3 aromatic heterocycles. The van der Waals surface area contributed by atoms with Crippen molar-refractivity contribution < 1.29 is 14.3 Å². The summed E-state index contributed by atoms with van der Waals surface area (Å²) in [5.41, 5.74) is 2.77. The lowest BCUT2D eigenvalue weighted by Crippen LogP contribution is -2.28. The Balaban J connectivity index is 1.43. The van der Waals surface area contributed by atoms with Crippen LogP contribution >= 0.6 is 22.7 Å². The van der Waals surface area contributed by atoms with Gasteiger partial charge < -0.3 is 10.1 Å². The first kappa shape index (κ1) is 23.4. The molecule has 1 amide bonds. The molecule has 1 unspecified atom stereocenters. The Morgan fingerprint density at radius 1 is 1.26 bits per heavy atom. The highest BCUT2D eigenvalue weighted by Crippen LogP contribution is 2.37. The van der Waals surface area contributed by atoms with Gasteiger partial charge in [-0.3, -0.25) is 14.2 Å². The van der Waals surface area contributed by atoms with Gasteiger partial charge in [-0.25, -0.2) is 9.78 Å². The van der Waals surface area contributed by atoms with Crippen LogP contribution in [0.15, 0.2) is 46.8 Å². The van der Waals surface area contributed by atoms with Gasteiger partial charge in [-0.1, -0.05) is 37.3 Å². The Labute approximate surface area is 210 Å². The molecular formula is C26H25N3O4S2. The first-order chi connectivity index (χ1) is 17.0. The van der Waals surface area contributed by atoms with E-state index in [4.69, 9.17) is 4.74 Å². The van der Waals surface area contributed by atoms with Gasteiger partial charge in [-0.2, -0.15) is 0 Å². The molecule has 0 fully saturated rings. The largest absolute Gasteiger partial charge is 0.462 e. The van der Waals surface area contributed by atoms with Crippen molar-refractivity contribution >= 4 is 49.8 Å². The summed E-state index contributed by atoms with van der Waals surface area (Å²) in [5.74, 6) is -0.302. The van der Waals surface area contributed by atoms with Crippen molar-refractivity contribution in [2.24, 2.45) is 5.92 Å². The van der Waals surface area contributed by atoms with Gasteiger partial charge in [0.25, 0.3) is 5.56 Å². The zero-order chi connectivity index (χ0) is 24.5. The van der Waals surface area contributed by atoms with Crippen molar-refractivity contribution in [1.29, 1.82) is 0 Å². The van der Waals surface area contributed by atoms with Crippen molar-refractivity contribution in [2.45, 2.75) is 39.7 Å². The van der Waals surface area contributed by atoms with Gasteiger partial charge in [-0.05, 0) is 43.2 Å². The van der Waals surface area contributed by atoms with Gasteiger partial charge >= 0.3 is 5.97 Å². The van der Waals surface area contributed by atoms with E-state index in [1.165, 1.54) is 27.1 Å². The van der Waals surface area contributed by atoms with E-state index >= 15 is 0 Å². The third-order valence-electron chi connectivity index (χ3n) is 6.20. The number of nitrogens with zero attached hydrogens (tertiary/aromatic N) is 2. The fraction of sp³-hybridized carbons (Fsp3) is 0.308. The number of anilines is 1. The van der Waals surface area contributed by atoms with E-state index in [1.54, 1.807) is 18.3 Å². The molecule has 0 aliphatic heterocycles. The second-order valence-electron chi connectivity index (χ2n) is 8.70. The third-order valence-corrected chi connectivity index (χ3v) is 8.26. The molecule has 0 bridgehead atoms. The number of esters is 1. The number of amides is 1. The maximum absolute atomic E-state index is 13.3. The number of thiophene rings is 2. The molecule has 0 saturated carbocycles. The fourth-order valence-corrected chi connectivity index (χ4v) is 6.80. The molecule has 35 heavy (non-hydrogen) atoms. The van der Waals surface area contributed by atoms with Gasteiger partial charge in [0.1, 0.15) is 21.9 Å². The SMILES string of the molecule is CCOC(=O)c1c(-c2ccccc2)csc1NC(=O)Cn1cnc2sc3c(c2c1=O)CCC(C)C3. The molecule has 1 aromatic carbocycles. The molecule has 9 heteroatoms. The van der Waals surface area contributed by atoms with Gasteiger partial charge in [-0.15, -0.1) is 22.7 Å². The maximum Gasteiger partial charge on any atom is 0.341 e. The first-order valence-electron chi connectivity index (χ1n) is 11.6. The predicted molar refractivity (Wildman–Crippen MR) is 139 cm³/mol. The van der Waals surface area contributed by atoms with Gasteiger partial charge in [0, 0.05) is 15.8 Å². The Morgan fingerprint density at radius 3 is 2.83 bits per heavy atom. The number of aromatic nitrogens is 2. The molecular weight excluding hydrogens is 482 g/mol. The molecule has 3 heterocycles. The number of carbonyl (C=O) groups excluding carboxylic acids is 2. The molecule has 1 aliphatic carbocycles. The molecule has 4 aromatic rings. The highest BCUT2D eigenvalue weighted by atomic mass is 32.1. The number of hydrogen-bond donors (Lipinski definition) is 1. The van der Waals surface area contributed by atoms with E-state index in [0.29, 0.717) is 27.4 Å². The molecule has 1 N–H and O–H groups in total. The van der Waals surface area contributed by atoms with Crippen LogP contribution in [0.3, 0.4) is 0 Å². The number of benzene rings is 1. The van der Waals surface area contributed by atoms with E-state index in [1.807, 2.05) is 35.7 Å². The van der Waals surface area contributed by atoms with Crippen LogP contribution in [-0.2, 0) is 28.9 Å². The van der Waals surface area contributed by atoms with Crippen LogP contribution in [0.4, 0.5) is 5.00 Å². The van der Waals surface area contributed by atoms with Crippen LogP contribution in [0.5, 0.6) is 0 Å². The van der Waals surface area contributed by atoms with Crippen LogP contribution in [0.25, 0.3) is 21.3 Å². The van der Waals surface area contributed by atoms with Crippen molar-refractivity contribution in [1.82, 2.24) is 9.55 Å². The molecule has 0 saturated heterocycles. The van der Waals surface area contributed by atoms with Crippen LogP contribution in [0, 0.1) is 5.92 Å². The van der Waals surface area contributed by atoms with Gasteiger partial charge in [0.2, 0.25) is 5.91 Å². The highest BCUT2D eigenvalue weighted by molar-refractivity contribution is 7.18. The van der Waals surface area contributed by atoms with Crippen molar-refractivity contribution in [3.05, 3.63) is 68.4 Å². The van der Waals surface area contributed by atoms with Crippen molar-refractivity contribution in [3.8, 4) is 11.1 Å². The lowest BCUT2D eigenvalue weighted by Gasteiger charge is -2.17. The number of hydrogen-bond acceptors (Lipinski definition) is 7. The first-order valence-corrected chi connectivity index (χ1v) is 13.3. The normalized spacial score (nSPS) is 15.1. The number of rotatable bonds is 6. The lowest BCUT2D eigenvalue weighted by molar-refractivity contribution is -0.116. The Hall–Kier alpha value is -3.30. The van der Waals surface area contributed by atoms with Crippen molar-refractivity contribution in [3.63, 3.8) is 0 Å². The minimum absolute atomic E-state index is 0.191. The summed E-state index contributed by atoms with van der Waals surface area (Å²) in [6.45, 7) is 4.00. The molecule has 0 spiro atoms. The van der Waals surface area contributed by atoms with Crippen LogP contribution in [0.1, 0.15) is 41.1 Å². The third kappa shape index (κ3) is 4.53. The lowest BCUT2D eigenvalue weighted by atomic mass is 9.89. The summed E-state index contributed by atoms with van der Waals surface area (Å²) in [6.07, 6.45) is 4.32. The standard InChI is InChI=1S/C26H25N3O4S2/c1-3-33-26(32)22-18(16-7-5-4-6-8-16)13-34-24(22)28-20(30)12-29-14-27-23-21(25(29)31)17-10-9-15(2)11-19(17)35-23/h4-8,13-15H,3,9-12H2,1-2H3,(H,28,30). The van der Waals surface area contributed by atoms with Crippen molar-refractivity contribution in [2.75, 3.05) is 11.9 Å². The zero-order valence-corrected chi connectivity index (χ0v) is 21.1. The van der Waals surface area contributed by atoms with E-state index < -0.39 is 11.9 Å². The summed E-state index contributed by atoms with van der Waals surface area (Å²) in [6, 6.07) is 9.48. The average molecular weight is 508 g/mol. The fourth-order valence-electron chi connectivity index (χ4n) is 4.49. The number of fused-ring (bicyclic) bond motifs is 3. The maximum atomic E-state index is 13.3. The topological polar surface area (TPSA) is 90.3 Å². The number of ether oxygens (including phenoxy) is 1. The predicted octanol–water partition coefficient (Wildman–Crippen LogP) is 5.13. The van der Waals surface area contributed by atoms with E-state index in [2.05, 4.69) is 17.2 Å². The molecule has 0 radical (unpaired) electrons. The van der Waals surface area contributed by atoms with Gasteiger partial charge in [0.05, 0.1) is 18.3 Å². The van der Waals surface area contributed by atoms with Crippen LogP contribution < -0.4 is 10.9 Å². The zero-order valence-electron chi connectivity index (χ0n) is 19.5. The summed E-state index contributed by atoms with van der Waals surface area (Å²) in [5, 5.41) is 5.69. The number of nitrogens with one attached hydrogen (secondary N) is 1. The second kappa shape index (κ2) is 9.75. The molecule has 5 rings (SSSR count). The molecule has 1 aliphatic rings. The average Bonchev–Trinajstić information content (AvgIpc) is 3.43. The van der Waals surface area contributed by atoms with Crippen LogP contribution in [-0.4, -0.2) is 28.0 Å². The van der Waals surface area contributed by atoms with Crippen LogP contribution in [0.2, 0.25) is 0 Å². The van der Waals surface area contributed by atoms with E-state index in [-0.39, 0.29) is 18.7 Å².